The van der Waals surface area contributed by atoms with Crippen LogP contribution in [0.25, 0.3) is 0 Å². The Morgan fingerprint density at radius 3 is 2.95 bits per heavy atom. The van der Waals surface area contributed by atoms with Crippen molar-refractivity contribution in [2.75, 3.05) is 32.0 Å². The molecule has 3 heterocycles. The molecule has 0 spiro atoms. The summed E-state index contributed by atoms with van der Waals surface area (Å²) in [6.45, 7) is 7.13. The van der Waals surface area contributed by atoms with Gasteiger partial charge in [-0.25, -0.2) is 4.98 Å². The van der Waals surface area contributed by atoms with Crippen molar-refractivity contribution >= 4 is 11.7 Å². The fourth-order valence-corrected chi connectivity index (χ4v) is 3.56. The summed E-state index contributed by atoms with van der Waals surface area (Å²) in [5.74, 6) is 0.890. The van der Waals surface area contributed by atoms with Gasteiger partial charge in [-0.1, -0.05) is 0 Å². The quantitative estimate of drug-likeness (QED) is 0.900. The minimum atomic E-state index is 0.135. The Bertz CT molecular complexity index is 545. The number of pyridine rings is 1. The monoisotopic (exact) mass is 288 g/mol. The minimum absolute atomic E-state index is 0.135. The first-order valence-corrected chi connectivity index (χ1v) is 7.80. The molecule has 114 valence electrons. The SMILES string of the molecule is CNc1cc(C(=O)N2CC3CCCN3CC2C)cc(C)n1. The van der Waals surface area contributed by atoms with E-state index in [1.165, 1.54) is 19.4 Å². The Morgan fingerprint density at radius 2 is 2.19 bits per heavy atom. The summed E-state index contributed by atoms with van der Waals surface area (Å²) in [5, 5.41) is 3.02. The zero-order valence-electron chi connectivity index (χ0n) is 13.1. The zero-order chi connectivity index (χ0) is 15.0. The van der Waals surface area contributed by atoms with Gasteiger partial charge in [0.1, 0.15) is 5.82 Å². The third-order valence-corrected chi connectivity index (χ3v) is 4.65. The molecule has 1 aromatic rings. The van der Waals surface area contributed by atoms with Crippen LogP contribution in [0.4, 0.5) is 5.82 Å². The lowest BCUT2D eigenvalue weighted by Crippen LogP contribution is -2.56. The fourth-order valence-electron chi connectivity index (χ4n) is 3.56. The average molecular weight is 288 g/mol. The van der Waals surface area contributed by atoms with Gasteiger partial charge in [0.05, 0.1) is 0 Å². The summed E-state index contributed by atoms with van der Waals surface area (Å²) >= 11 is 0. The molecule has 5 heteroatoms. The molecule has 0 aromatic carbocycles. The molecule has 21 heavy (non-hydrogen) atoms. The molecule has 2 saturated heterocycles. The molecule has 5 nitrogen and oxygen atoms in total. The highest BCUT2D eigenvalue weighted by Gasteiger charge is 2.36. The van der Waals surface area contributed by atoms with Crippen molar-refractivity contribution in [2.45, 2.75) is 38.8 Å². The van der Waals surface area contributed by atoms with Crippen LogP contribution in [0.3, 0.4) is 0 Å². The highest BCUT2D eigenvalue weighted by molar-refractivity contribution is 5.95. The lowest BCUT2D eigenvalue weighted by Gasteiger charge is -2.42. The summed E-state index contributed by atoms with van der Waals surface area (Å²) in [6, 6.07) is 4.57. The number of aromatic nitrogens is 1. The van der Waals surface area contributed by atoms with Gasteiger partial charge in [-0.15, -0.1) is 0 Å². The average Bonchev–Trinajstić information content (AvgIpc) is 2.92. The Kier molecular flexibility index (Phi) is 3.85. The van der Waals surface area contributed by atoms with Crippen LogP contribution in [0.5, 0.6) is 0 Å². The van der Waals surface area contributed by atoms with E-state index in [2.05, 4.69) is 22.1 Å². The van der Waals surface area contributed by atoms with E-state index < -0.39 is 0 Å². The van der Waals surface area contributed by atoms with Crippen LogP contribution in [0.2, 0.25) is 0 Å². The number of carbonyl (C=O) groups is 1. The zero-order valence-corrected chi connectivity index (χ0v) is 13.1. The lowest BCUT2D eigenvalue weighted by atomic mass is 10.1. The number of hydrogen-bond donors (Lipinski definition) is 1. The maximum Gasteiger partial charge on any atom is 0.254 e. The van der Waals surface area contributed by atoms with Crippen LogP contribution in [-0.2, 0) is 0 Å². The molecule has 2 unspecified atom stereocenters. The topological polar surface area (TPSA) is 48.5 Å². The number of hydrogen-bond acceptors (Lipinski definition) is 4. The number of carbonyl (C=O) groups excluding carboxylic acids is 1. The number of anilines is 1. The van der Waals surface area contributed by atoms with Crippen LogP contribution >= 0.6 is 0 Å². The molecule has 0 aliphatic carbocycles. The number of aryl methyl sites for hydroxylation is 1. The summed E-state index contributed by atoms with van der Waals surface area (Å²) in [5.41, 5.74) is 1.61. The molecule has 1 aromatic heterocycles. The van der Waals surface area contributed by atoms with Crippen LogP contribution in [0.15, 0.2) is 12.1 Å². The minimum Gasteiger partial charge on any atom is -0.373 e. The molecule has 0 bridgehead atoms. The number of fused-ring (bicyclic) bond motifs is 1. The normalized spacial score (nSPS) is 25.8. The predicted octanol–water partition coefficient (Wildman–Crippen LogP) is 1.74. The van der Waals surface area contributed by atoms with E-state index in [0.29, 0.717) is 6.04 Å². The molecular weight excluding hydrogens is 264 g/mol. The molecule has 2 atom stereocenters. The van der Waals surface area contributed by atoms with E-state index in [4.69, 9.17) is 0 Å². The molecule has 0 saturated carbocycles. The van der Waals surface area contributed by atoms with Crippen molar-refractivity contribution in [1.29, 1.82) is 0 Å². The second-order valence-corrected chi connectivity index (χ2v) is 6.23. The number of amides is 1. The molecule has 3 rings (SSSR count). The van der Waals surface area contributed by atoms with Crippen molar-refractivity contribution < 1.29 is 4.79 Å². The van der Waals surface area contributed by atoms with E-state index in [9.17, 15) is 4.79 Å². The second kappa shape index (κ2) is 5.64. The molecule has 1 N–H and O–H groups in total. The Labute approximate surface area is 126 Å². The van der Waals surface area contributed by atoms with Gasteiger partial charge >= 0.3 is 0 Å². The summed E-state index contributed by atoms with van der Waals surface area (Å²) < 4.78 is 0. The van der Waals surface area contributed by atoms with Gasteiger partial charge in [-0.05, 0) is 45.4 Å². The van der Waals surface area contributed by atoms with Gasteiger partial charge in [0.2, 0.25) is 0 Å². The van der Waals surface area contributed by atoms with Gasteiger partial charge < -0.3 is 10.2 Å². The van der Waals surface area contributed by atoms with Crippen molar-refractivity contribution in [3.05, 3.63) is 23.4 Å². The third kappa shape index (κ3) is 2.75. The first kappa shape index (κ1) is 14.3. The number of nitrogens with one attached hydrogen (secondary N) is 1. The smallest absolute Gasteiger partial charge is 0.254 e. The van der Waals surface area contributed by atoms with Crippen LogP contribution in [0, 0.1) is 6.92 Å². The Morgan fingerprint density at radius 1 is 1.38 bits per heavy atom. The molecule has 2 aliphatic heterocycles. The molecule has 2 aliphatic rings. The first-order chi connectivity index (χ1) is 10.1. The van der Waals surface area contributed by atoms with Crippen molar-refractivity contribution in [2.24, 2.45) is 0 Å². The van der Waals surface area contributed by atoms with Gasteiger partial charge in [0.15, 0.2) is 0 Å². The summed E-state index contributed by atoms with van der Waals surface area (Å²) in [4.78, 5) is 21.8. The van der Waals surface area contributed by atoms with E-state index in [1.54, 1.807) is 0 Å². The summed E-state index contributed by atoms with van der Waals surface area (Å²) in [7, 11) is 1.83. The molecular formula is C16H24N4O. The highest BCUT2D eigenvalue weighted by atomic mass is 16.2. The predicted molar refractivity (Wildman–Crippen MR) is 83.6 cm³/mol. The van der Waals surface area contributed by atoms with Crippen molar-refractivity contribution in [1.82, 2.24) is 14.8 Å². The Balaban J connectivity index is 1.82. The fraction of sp³-hybridized carbons (Fsp3) is 0.625. The second-order valence-electron chi connectivity index (χ2n) is 6.23. The molecule has 0 radical (unpaired) electrons. The maximum atomic E-state index is 12.9. The van der Waals surface area contributed by atoms with Crippen molar-refractivity contribution in [3.8, 4) is 0 Å². The standard InChI is InChI=1S/C16H24N4O/c1-11-7-13(8-15(17-3)18-11)16(21)20-10-14-5-4-6-19(14)9-12(20)2/h7-8,12,14H,4-6,9-10H2,1-3H3,(H,17,18). The van der Waals surface area contributed by atoms with Gasteiger partial charge in [0.25, 0.3) is 5.91 Å². The lowest BCUT2D eigenvalue weighted by molar-refractivity contribution is 0.0395. The number of piperazine rings is 1. The van der Waals surface area contributed by atoms with Crippen LogP contribution in [-0.4, -0.2) is 59.5 Å². The Hall–Kier alpha value is -1.62. The van der Waals surface area contributed by atoms with Crippen LogP contribution < -0.4 is 5.32 Å². The maximum absolute atomic E-state index is 12.9. The van der Waals surface area contributed by atoms with E-state index in [-0.39, 0.29) is 11.9 Å². The van der Waals surface area contributed by atoms with E-state index in [0.717, 1.165) is 30.2 Å². The third-order valence-electron chi connectivity index (χ3n) is 4.65. The highest BCUT2D eigenvalue weighted by Crippen LogP contribution is 2.26. The van der Waals surface area contributed by atoms with Crippen LogP contribution in [0.1, 0.15) is 35.8 Å². The number of nitrogens with zero attached hydrogens (tertiary/aromatic N) is 3. The molecule has 1 amide bonds. The number of rotatable bonds is 2. The van der Waals surface area contributed by atoms with E-state index >= 15 is 0 Å². The molecule has 2 fully saturated rings. The first-order valence-electron chi connectivity index (χ1n) is 7.80. The van der Waals surface area contributed by atoms with Gasteiger partial charge in [-0.3, -0.25) is 9.69 Å². The van der Waals surface area contributed by atoms with Gasteiger partial charge in [0, 0.05) is 43.5 Å². The summed E-state index contributed by atoms with van der Waals surface area (Å²) in [6.07, 6.45) is 2.48. The van der Waals surface area contributed by atoms with E-state index in [1.807, 2.05) is 31.0 Å². The van der Waals surface area contributed by atoms with Gasteiger partial charge in [-0.2, -0.15) is 0 Å². The van der Waals surface area contributed by atoms with Crippen molar-refractivity contribution in [3.63, 3.8) is 0 Å². The largest absolute Gasteiger partial charge is 0.373 e.